The number of hydrogen-bond acceptors (Lipinski definition) is 2. The summed E-state index contributed by atoms with van der Waals surface area (Å²) in [5, 5.41) is 3.12. The van der Waals surface area contributed by atoms with Crippen LogP contribution in [0.25, 0.3) is 0 Å². The van der Waals surface area contributed by atoms with Gasteiger partial charge in [-0.3, -0.25) is 4.79 Å². The number of rotatable bonds is 7. The second-order valence-electron chi connectivity index (χ2n) is 5.34. The summed E-state index contributed by atoms with van der Waals surface area (Å²) in [7, 11) is 1.92. The van der Waals surface area contributed by atoms with Gasteiger partial charge in [-0.05, 0) is 50.4 Å². The lowest BCUT2D eigenvalue weighted by atomic mass is 10.0. The van der Waals surface area contributed by atoms with Gasteiger partial charge in [0.1, 0.15) is 0 Å². The summed E-state index contributed by atoms with van der Waals surface area (Å²) < 4.78 is 0. The van der Waals surface area contributed by atoms with E-state index in [0.717, 1.165) is 30.6 Å². The van der Waals surface area contributed by atoms with Gasteiger partial charge in [-0.2, -0.15) is 0 Å². The highest BCUT2D eigenvalue weighted by molar-refractivity contribution is 5.95. The lowest BCUT2D eigenvalue weighted by Gasteiger charge is -2.21. The standard InChI is InChI=1S/C17H22N2O/c1-3-12-19(13-14-8-9-14)17(20)16-7-5-4-6-15(16)10-11-18-2/h1,4-7,14,18H,8-13H2,2H3. The van der Waals surface area contributed by atoms with Crippen molar-refractivity contribution in [3.63, 3.8) is 0 Å². The fraction of sp³-hybridized carbons (Fsp3) is 0.471. The number of likely N-dealkylation sites (N-methyl/N-ethyl adjacent to an activating group) is 1. The molecule has 0 aromatic heterocycles. The summed E-state index contributed by atoms with van der Waals surface area (Å²) in [6.07, 6.45) is 8.69. The number of amides is 1. The van der Waals surface area contributed by atoms with Crippen molar-refractivity contribution in [1.82, 2.24) is 10.2 Å². The van der Waals surface area contributed by atoms with Crippen molar-refractivity contribution in [2.45, 2.75) is 19.3 Å². The number of nitrogens with zero attached hydrogens (tertiary/aromatic N) is 1. The smallest absolute Gasteiger partial charge is 0.254 e. The lowest BCUT2D eigenvalue weighted by molar-refractivity contribution is 0.0768. The van der Waals surface area contributed by atoms with Crippen LogP contribution in [-0.4, -0.2) is 37.5 Å². The molecule has 3 heteroatoms. The first-order valence-corrected chi connectivity index (χ1v) is 7.21. The van der Waals surface area contributed by atoms with E-state index in [9.17, 15) is 4.79 Å². The van der Waals surface area contributed by atoms with E-state index in [1.165, 1.54) is 12.8 Å². The molecule has 1 aromatic rings. The first-order chi connectivity index (χ1) is 9.76. The van der Waals surface area contributed by atoms with Gasteiger partial charge in [0.15, 0.2) is 0 Å². The maximum absolute atomic E-state index is 12.7. The molecule has 20 heavy (non-hydrogen) atoms. The highest BCUT2D eigenvalue weighted by atomic mass is 16.2. The molecule has 0 radical (unpaired) electrons. The molecule has 0 atom stereocenters. The van der Waals surface area contributed by atoms with Crippen LogP contribution in [0.3, 0.4) is 0 Å². The van der Waals surface area contributed by atoms with E-state index in [0.29, 0.717) is 12.5 Å². The SMILES string of the molecule is C#CCN(CC1CC1)C(=O)c1ccccc1CCNC. The monoisotopic (exact) mass is 270 g/mol. The minimum absolute atomic E-state index is 0.0709. The molecule has 1 saturated carbocycles. The molecule has 1 aliphatic carbocycles. The summed E-state index contributed by atoms with van der Waals surface area (Å²) in [4.78, 5) is 14.5. The second kappa shape index (κ2) is 7.12. The Morgan fingerprint density at radius 2 is 2.20 bits per heavy atom. The third kappa shape index (κ3) is 3.85. The van der Waals surface area contributed by atoms with Crippen molar-refractivity contribution < 1.29 is 4.79 Å². The summed E-state index contributed by atoms with van der Waals surface area (Å²) in [5.41, 5.74) is 1.88. The van der Waals surface area contributed by atoms with E-state index < -0.39 is 0 Å². The van der Waals surface area contributed by atoms with Crippen LogP contribution in [-0.2, 0) is 6.42 Å². The van der Waals surface area contributed by atoms with Crippen LogP contribution in [0.5, 0.6) is 0 Å². The Kier molecular flexibility index (Phi) is 5.20. The van der Waals surface area contributed by atoms with Gasteiger partial charge in [0, 0.05) is 12.1 Å². The number of benzene rings is 1. The van der Waals surface area contributed by atoms with Crippen molar-refractivity contribution in [1.29, 1.82) is 0 Å². The molecule has 0 spiro atoms. The predicted molar refractivity (Wildman–Crippen MR) is 81.5 cm³/mol. The highest BCUT2D eigenvalue weighted by Gasteiger charge is 2.27. The van der Waals surface area contributed by atoms with E-state index in [4.69, 9.17) is 6.42 Å². The van der Waals surface area contributed by atoms with Crippen LogP contribution in [0.2, 0.25) is 0 Å². The minimum Gasteiger partial charge on any atom is -0.327 e. The Hall–Kier alpha value is -1.79. The van der Waals surface area contributed by atoms with E-state index in [1.807, 2.05) is 36.2 Å². The third-order valence-electron chi connectivity index (χ3n) is 3.64. The van der Waals surface area contributed by atoms with Crippen molar-refractivity contribution in [3.8, 4) is 12.3 Å². The Balaban J connectivity index is 2.14. The summed E-state index contributed by atoms with van der Waals surface area (Å²) in [6, 6.07) is 7.83. The molecular weight excluding hydrogens is 248 g/mol. The first-order valence-electron chi connectivity index (χ1n) is 7.21. The Morgan fingerprint density at radius 1 is 1.45 bits per heavy atom. The zero-order valence-corrected chi connectivity index (χ0v) is 12.1. The van der Waals surface area contributed by atoms with Gasteiger partial charge in [0.25, 0.3) is 5.91 Å². The van der Waals surface area contributed by atoms with Crippen molar-refractivity contribution in [2.75, 3.05) is 26.7 Å². The maximum atomic E-state index is 12.7. The molecule has 0 saturated heterocycles. The largest absolute Gasteiger partial charge is 0.327 e. The van der Waals surface area contributed by atoms with Gasteiger partial charge in [-0.1, -0.05) is 24.1 Å². The molecule has 1 aliphatic rings. The Morgan fingerprint density at radius 3 is 2.85 bits per heavy atom. The molecule has 0 aliphatic heterocycles. The van der Waals surface area contributed by atoms with Crippen molar-refractivity contribution in [2.24, 2.45) is 5.92 Å². The van der Waals surface area contributed by atoms with Gasteiger partial charge >= 0.3 is 0 Å². The van der Waals surface area contributed by atoms with E-state index >= 15 is 0 Å². The molecule has 106 valence electrons. The maximum Gasteiger partial charge on any atom is 0.254 e. The predicted octanol–water partition coefficient (Wildman–Crippen LogP) is 1.93. The number of carbonyl (C=O) groups excluding carboxylic acids is 1. The zero-order chi connectivity index (χ0) is 14.4. The molecule has 1 N–H and O–H groups in total. The summed E-state index contributed by atoms with van der Waals surface area (Å²) >= 11 is 0. The molecule has 0 bridgehead atoms. The number of carbonyl (C=O) groups is 1. The first kappa shape index (κ1) is 14.6. The molecule has 0 heterocycles. The van der Waals surface area contributed by atoms with Crippen molar-refractivity contribution >= 4 is 5.91 Å². The highest BCUT2D eigenvalue weighted by Crippen LogP contribution is 2.30. The topological polar surface area (TPSA) is 32.3 Å². The normalized spacial score (nSPS) is 13.8. The van der Waals surface area contributed by atoms with Crippen LogP contribution in [0.4, 0.5) is 0 Å². The van der Waals surface area contributed by atoms with Crippen LogP contribution in [0.1, 0.15) is 28.8 Å². The lowest BCUT2D eigenvalue weighted by Crippen LogP contribution is -2.34. The molecule has 3 nitrogen and oxygen atoms in total. The van der Waals surface area contributed by atoms with Crippen LogP contribution in [0.15, 0.2) is 24.3 Å². The van der Waals surface area contributed by atoms with Gasteiger partial charge in [-0.25, -0.2) is 0 Å². The molecular formula is C17H22N2O. The van der Waals surface area contributed by atoms with Crippen LogP contribution < -0.4 is 5.32 Å². The van der Waals surface area contributed by atoms with Gasteiger partial charge in [-0.15, -0.1) is 6.42 Å². The van der Waals surface area contributed by atoms with Gasteiger partial charge in [0.2, 0.25) is 0 Å². The second-order valence-corrected chi connectivity index (χ2v) is 5.34. The summed E-state index contributed by atoms with van der Waals surface area (Å²) in [5.74, 6) is 3.33. The quantitative estimate of drug-likeness (QED) is 0.768. The Bertz CT molecular complexity index is 500. The fourth-order valence-corrected chi connectivity index (χ4v) is 2.32. The van der Waals surface area contributed by atoms with E-state index in [1.54, 1.807) is 0 Å². The van der Waals surface area contributed by atoms with Gasteiger partial charge in [0.05, 0.1) is 6.54 Å². The molecule has 1 aromatic carbocycles. The molecule has 1 amide bonds. The van der Waals surface area contributed by atoms with Crippen LogP contribution in [0, 0.1) is 18.3 Å². The molecule has 1 fully saturated rings. The van der Waals surface area contributed by atoms with E-state index in [2.05, 4.69) is 11.2 Å². The Labute approximate surface area is 121 Å². The average molecular weight is 270 g/mol. The fourth-order valence-electron chi connectivity index (χ4n) is 2.32. The zero-order valence-electron chi connectivity index (χ0n) is 12.1. The molecule has 0 unspecified atom stereocenters. The van der Waals surface area contributed by atoms with E-state index in [-0.39, 0.29) is 5.91 Å². The average Bonchev–Trinajstić information content (AvgIpc) is 3.28. The molecule has 2 rings (SSSR count). The van der Waals surface area contributed by atoms with Crippen LogP contribution >= 0.6 is 0 Å². The number of terminal acetylenes is 1. The number of hydrogen-bond donors (Lipinski definition) is 1. The minimum atomic E-state index is 0.0709. The number of nitrogens with one attached hydrogen (secondary N) is 1. The van der Waals surface area contributed by atoms with Crippen molar-refractivity contribution in [3.05, 3.63) is 35.4 Å². The third-order valence-corrected chi connectivity index (χ3v) is 3.64. The van der Waals surface area contributed by atoms with Gasteiger partial charge < -0.3 is 10.2 Å². The summed E-state index contributed by atoms with van der Waals surface area (Å²) in [6.45, 7) is 2.06.